The van der Waals surface area contributed by atoms with Crippen LogP contribution in [0.3, 0.4) is 0 Å². The van der Waals surface area contributed by atoms with Gasteiger partial charge in [-0.3, -0.25) is 9.78 Å². The molecule has 0 radical (unpaired) electrons. The first kappa shape index (κ1) is 14.6. The SMILES string of the molecule is CCCS(=O)(=O)NCC(=O)NCc1ccncc1. The summed E-state index contributed by atoms with van der Waals surface area (Å²) in [4.78, 5) is 15.3. The molecule has 100 valence electrons. The highest BCUT2D eigenvalue weighted by Gasteiger charge is 2.10. The second kappa shape index (κ2) is 7.07. The molecule has 1 rings (SSSR count). The Balaban J connectivity index is 2.31. The summed E-state index contributed by atoms with van der Waals surface area (Å²) in [6, 6.07) is 3.56. The molecule has 0 spiro atoms. The third kappa shape index (κ3) is 5.74. The van der Waals surface area contributed by atoms with E-state index in [-0.39, 0.29) is 18.2 Å². The van der Waals surface area contributed by atoms with E-state index < -0.39 is 10.0 Å². The fraction of sp³-hybridized carbons (Fsp3) is 0.455. The number of nitrogens with one attached hydrogen (secondary N) is 2. The summed E-state index contributed by atoms with van der Waals surface area (Å²) in [6.45, 7) is 1.90. The number of hydrogen-bond acceptors (Lipinski definition) is 4. The Morgan fingerprint density at radius 2 is 2.00 bits per heavy atom. The minimum Gasteiger partial charge on any atom is -0.351 e. The van der Waals surface area contributed by atoms with E-state index in [4.69, 9.17) is 0 Å². The molecule has 0 fully saturated rings. The van der Waals surface area contributed by atoms with E-state index in [0.29, 0.717) is 13.0 Å². The average Bonchev–Trinajstić information content (AvgIpc) is 2.35. The topological polar surface area (TPSA) is 88.2 Å². The lowest BCUT2D eigenvalue weighted by Gasteiger charge is -2.07. The van der Waals surface area contributed by atoms with Gasteiger partial charge in [0, 0.05) is 18.9 Å². The Morgan fingerprint density at radius 3 is 2.61 bits per heavy atom. The first-order chi connectivity index (χ1) is 8.53. The number of sulfonamides is 1. The van der Waals surface area contributed by atoms with Crippen LogP contribution in [0.2, 0.25) is 0 Å². The Bertz CT molecular complexity index is 474. The molecular formula is C11H17N3O3S. The number of pyridine rings is 1. The van der Waals surface area contributed by atoms with Crippen molar-refractivity contribution in [2.45, 2.75) is 19.9 Å². The molecule has 18 heavy (non-hydrogen) atoms. The monoisotopic (exact) mass is 271 g/mol. The minimum atomic E-state index is -3.33. The second-order valence-corrected chi connectivity index (χ2v) is 5.70. The molecule has 1 amide bonds. The predicted molar refractivity (Wildman–Crippen MR) is 68.2 cm³/mol. The lowest BCUT2D eigenvalue weighted by Crippen LogP contribution is -2.37. The Morgan fingerprint density at radius 1 is 1.33 bits per heavy atom. The molecular weight excluding hydrogens is 254 g/mol. The highest BCUT2D eigenvalue weighted by molar-refractivity contribution is 7.89. The molecule has 0 aliphatic rings. The zero-order valence-corrected chi connectivity index (χ0v) is 11.0. The number of rotatable bonds is 7. The first-order valence-corrected chi connectivity index (χ1v) is 7.31. The second-order valence-electron chi connectivity index (χ2n) is 3.77. The minimum absolute atomic E-state index is 0.0324. The van der Waals surface area contributed by atoms with Crippen molar-refractivity contribution in [3.63, 3.8) is 0 Å². The smallest absolute Gasteiger partial charge is 0.235 e. The van der Waals surface area contributed by atoms with Gasteiger partial charge in [0.15, 0.2) is 0 Å². The van der Waals surface area contributed by atoms with Gasteiger partial charge >= 0.3 is 0 Å². The van der Waals surface area contributed by atoms with E-state index in [1.807, 2.05) is 0 Å². The van der Waals surface area contributed by atoms with Crippen molar-refractivity contribution in [2.24, 2.45) is 0 Å². The van der Waals surface area contributed by atoms with Gasteiger partial charge in [-0.15, -0.1) is 0 Å². The van der Waals surface area contributed by atoms with Crippen molar-refractivity contribution in [2.75, 3.05) is 12.3 Å². The van der Waals surface area contributed by atoms with E-state index >= 15 is 0 Å². The molecule has 1 heterocycles. The summed E-state index contributed by atoms with van der Waals surface area (Å²) >= 11 is 0. The number of hydrogen-bond donors (Lipinski definition) is 2. The van der Waals surface area contributed by atoms with Crippen LogP contribution < -0.4 is 10.0 Å². The van der Waals surface area contributed by atoms with Crippen LogP contribution in [-0.4, -0.2) is 31.6 Å². The molecule has 7 heteroatoms. The van der Waals surface area contributed by atoms with Gasteiger partial charge in [0.25, 0.3) is 0 Å². The number of carbonyl (C=O) groups excluding carboxylic acids is 1. The first-order valence-electron chi connectivity index (χ1n) is 5.66. The third-order valence-corrected chi connectivity index (χ3v) is 3.69. The molecule has 1 aromatic heterocycles. The van der Waals surface area contributed by atoms with E-state index in [9.17, 15) is 13.2 Å². The van der Waals surface area contributed by atoms with Crippen molar-refractivity contribution >= 4 is 15.9 Å². The number of nitrogens with zero attached hydrogens (tertiary/aromatic N) is 1. The van der Waals surface area contributed by atoms with Gasteiger partial charge in [-0.1, -0.05) is 6.92 Å². The van der Waals surface area contributed by atoms with Crippen LogP contribution in [0.4, 0.5) is 0 Å². The summed E-state index contributed by atoms with van der Waals surface area (Å²) in [7, 11) is -3.33. The molecule has 0 aliphatic carbocycles. The van der Waals surface area contributed by atoms with Crippen LogP contribution in [0.5, 0.6) is 0 Å². The summed E-state index contributed by atoms with van der Waals surface area (Å²) in [6.07, 6.45) is 3.78. The fourth-order valence-electron chi connectivity index (χ4n) is 1.28. The normalized spacial score (nSPS) is 11.2. The van der Waals surface area contributed by atoms with Gasteiger partial charge in [-0.25, -0.2) is 13.1 Å². The van der Waals surface area contributed by atoms with Crippen LogP contribution in [0.1, 0.15) is 18.9 Å². The highest BCUT2D eigenvalue weighted by atomic mass is 32.2. The molecule has 0 atom stereocenters. The summed E-state index contributed by atoms with van der Waals surface area (Å²) in [5.41, 5.74) is 0.912. The molecule has 1 aromatic rings. The van der Waals surface area contributed by atoms with Crippen molar-refractivity contribution in [1.29, 1.82) is 0 Å². The molecule has 0 unspecified atom stereocenters. The average molecular weight is 271 g/mol. The zero-order chi connectivity index (χ0) is 13.4. The van der Waals surface area contributed by atoms with E-state index in [1.165, 1.54) is 0 Å². The summed E-state index contributed by atoms with van der Waals surface area (Å²) < 4.78 is 24.9. The molecule has 0 saturated heterocycles. The maximum atomic E-state index is 11.4. The quantitative estimate of drug-likeness (QED) is 0.732. The van der Waals surface area contributed by atoms with Crippen molar-refractivity contribution in [3.05, 3.63) is 30.1 Å². The fourth-order valence-corrected chi connectivity index (χ4v) is 2.31. The van der Waals surface area contributed by atoms with Crippen LogP contribution in [0.25, 0.3) is 0 Å². The Kier molecular flexibility index (Phi) is 5.73. The van der Waals surface area contributed by atoms with Gasteiger partial charge in [-0.05, 0) is 24.1 Å². The van der Waals surface area contributed by atoms with Gasteiger partial charge in [0.2, 0.25) is 15.9 Å². The Labute approximate surface area is 107 Å². The zero-order valence-electron chi connectivity index (χ0n) is 10.2. The number of aromatic nitrogens is 1. The molecule has 0 bridgehead atoms. The van der Waals surface area contributed by atoms with Crippen molar-refractivity contribution in [1.82, 2.24) is 15.0 Å². The van der Waals surface area contributed by atoms with Crippen LogP contribution in [-0.2, 0) is 21.4 Å². The number of carbonyl (C=O) groups is 1. The van der Waals surface area contributed by atoms with Crippen LogP contribution in [0.15, 0.2) is 24.5 Å². The summed E-state index contributed by atoms with van der Waals surface area (Å²) in [5, 5.41) is 2.62. The maximum Gasteiger partial charge on any atom is 0.235 e. The molecule has 2 N–H and O–H groups in total. The van der Waals surface area contributed by atoms with E-state index in [1.54, 1.807) is 31.5 Å². The number of amides is 1. The van der Waals surface area contributed by atoms with Crippen LogP contribution in [0, 0.1) is 0 Å². The van der Waals surface area contributed by atoms with Crippen molar-refractivity contribution < 1.29 is 13.2 Å². The molecule has 0 aliphatic heterocycles. The van der Waals surface area contributed by atoms with Gasteiger partial charge in [-0.2, -0.15) is 0 Å². The van der Waals surface area contributed by atoms with Gasteiger partial charge in [0.1, 0.15) is 0 Å². The standard InChI is InChI=1S/C11H17N3O3S/c1-2-7-18(16,17)14-9-11(15)13-8-10-3-5-12-6-4-10/h3-6,14H,2,7-9H2,1H3,(H,13,15). The van der Waals surface area contributed by atoms with Gasteiger partial charge in [0.05, 0.1) is 12.3 Å². The van der Waals surface area contributed by atoms with Gasteiger partial charge < -0.3 is 5.32 Å². The van der Waals surface area contributed by atoms with Crippen LogP contribution >= 0.6 is 0 Å². The maximum absolute atomic E-state index is 11.4. The van der Waals surface area contributed by atoms with E-state index in [0.717, 1.165) is 5.56 Å². The highest BCUT2D eigenvalue weighted by Crippen LogP contribution is 1.94. The molecule has 0 aromatic carbocycles. The lowest BCUT2D eigenvalue weighted by atomic mass is 10.3. The largest absolute Gasteiger partial charge is 0.351 e. The third-order valence-electron chi connectivity index (χ3n) is 2.16. The molecule has 0 saturated carbocycles. The predicted octanol–water partition coefficient (Wildman–Crippen LogP) is 0.0272. The molecule has 6 nitrogen and oxygen atoms in total. The Hall–Kier alpha value is -1.47. The summed E-state index contributed by atoms with van der Waals surface area (Å²) in [5.74, 6) is -0.323. The van der Waals surface area contributed by atoms with E-state index in [2.05, 4.69) is 15.0 Å². The lowest BCUT2D eigenvalue weighted by molar-refractivity contribution is -0.120. The van der Waals surface area contributed by atoms with Crippen molar-refractivity contribution in [3.8, 4) is 0 Å².